The summed E-state index contributed by atoms with van der Waals surface area (Å²) in [4.78, 5) is 3.31. The number of hydrogen-bond acceptors (Lipinski definition) is 3. The van der Waals surface area contributed by atoms with Crippen molar-refractivity contribution in [1.29, 1.82) is 0 Å². The van der Waals surface area contributed by atoms with Gasteiger partial charge in [0.15, 0.2) is 0 Å². The Bertz CT molecular complexity index is 689. The maximum atomic E-state index is 4.59. The molecule has 0 aliphatic carbocycles. The minimum absolute atomic E-state index is 0.750. The molecule has 2 aromatic rings. The highest BCUT2D eigenvalue weighted by molar-refractivity contribution is 7.98. The van der Waals surface area contributed by atoms with Gasteiger partial charge in [0.25, 0.3) is 0 Å². The second-order valence-corrected chi connectivity index (χ2v) is 5.46. The minimum atomic E-state index is 0.750. The van der Waals surface area contributed by atoms with Crippen LogP contribution in [0, 0.1) is 0 Å². The van der Waals surface area contributed by atoms with Crippen LogP contribution in [-0.2, 0) is 0 Å². The number of benzene rings is 2. The van der Waals surface area contributed by atoms with Gasteiger partial charge in [-0.25, -0.2) is 0 Å². The van der Waals surface area contributed by atoms with Gasteiger partial charge >= 0.3 is 0 Å². The summed E-state index contributed by atoms with van der Waals surface area (Å²) in [6.45, 7) is 3.82. The van der Waals surface area contributed by atoms with Crippen molar-refractivity contribution in [1.82, 2.24) is 0 Å². The molecule has 0 unspecified atom stereocenters. The Balaban J connectivity index is 1.95. The van der Waals surface area contributed by atoms with Crippen LogP contribution in [0.5, 0.6) is 0 Å². The quantitative estimate of drug-likeness (QED) is 0.571. The second kappa shape index (κ2) is 6.46. The maximum absolute atomic E-state index is 4.59. The maximum Gasteiger partial charge on any atom is 0.125 e. The number of nitrogens with zero attached hydrogens (tertiary/aromatic N) is 2. The molecule has 21 heavy (non-hydrogen) atoms. The summed E-state index contributed by atoms with van der Waals surface area (Å²) in [6, 6.07) is 18.6. The molecule has 0 fully saturated rings. The first-order valence-corrected chi connectivity index (χ1v) is 7.62. The molecule has 0 saturated carbocycles. The SMILES string of the molecule is C=CCC1=NSc2ccccc2N1C=Cc1ccccc1. The first-order chi connectivity index (χ1) is 10.4. The van der Waals surface area contributed by atoms with Crippen molar-refractivity contribution in [2.75, 3.05) is 4.90 Å². The molecule has 0 atom stereocenters. The molecule has 0 bridgehead atoms. The predicted octanol–water partition coefficient (Wildman–Crippen LogP) is 5.16. The Morgan fingerprint density at radius 1 is 1.05 bits per heavy atom. The molecular formula is C18H16N2S. The van der Waals surface area contributed by atoms with Gasteiger partial charge in [-0.05, 0) is 23.8 Å². The standard InChI is InChI=1S/C18H16N2S/c1-2-8-18-19-21-17-12-7-6-11-16(17)20(18)14-13-15-9-4-3-5-10-15/h2-7,9-14H,1,8H2. The van der Waals surface area contributed by atoms with Gasteiger partial charge in [-0.2, -0.15) is 4.40 Å². The number of amidine groups is 1. The highest BCUT2D eigenvalue weighted by Crippen LogP contribution is 2.36. The zero-order valence-electron chi connectivity index (χ0n) is 11.6. The van der Waals surface area contributed by atoms with Crippen molar-refractivity contribution < 1.29 is 0 Å². The number of hydrogen-bond donors (Lipinski definition) is 0. The molecular weight excluding hydrogens is 276 g/mol. The van der Waals surface area contributed by atoms with Gasteiger partial charge in [-0.1, -0.05) is 48.5 Å². The highest BCUT2D eigenvalue weighted by Gasteiger charge is 2.18. The summed E-state index contributed by atoms with van der Waals surface area (Å²) in [7, 11) is 0. The van der Waals surface area contributed by atoms with E-state index in [1.807, 2.05) is 30.3 Å². The Hall–Kier alpha value is -2.26. The van der Waals surface area contributed by atoms with Gasteiger partial charge in [0.2, 0.25) is 0 Å². The number of anilines is 1. The molecule has 3 heteroatoms. The molecule has 1 heterocycles. The van der Waals surface area contributed by atoms with Crippen molar-refractivity contribution in [2.24, 2.45) is 4.40 Å². The van der Waals surface area contributed by atoms with Crippen LogP contribution in [0.3, 0.4) is 0 Å². The zero-order valence-corrected chi connectivity index (χ0v) is 12.5. The molecule has 1 aliphatic heterocycles. The third-order valence-electron chi connectivity index (χ3n) is 3.19. The van der Waals surface area contributed by atoms with Gasteiger partial charge in [0.1, 0.15) is 5.84 Å². The van der Waals surface area contributed by atoms with Crippen LogP contribution in [0.2, 0.25) is 0 Å². The van der Waals surface area contributed by atoms with Crippen LogP contribution in [0.1, 0.15) is 12.0 Å². The summed E-state index contributed by atoms with van der Waals surface area (Å²) >= 11 is 1.53. The molecule has 2 nitrogen and oxygen atoms in total. The van der Waals surface area contributed by atoms with Gasteiger partial charge in [-0.3, -0.25) is 0 Å². The lowest BCUT2D eigenvalue weighted by molar-refractivity contribution is 1.21. The van der Waals surface area contributed by atoms with E-state index in [1.165, 1.54) is 28.1 Å². The van der Waals surface area contributed by atoms with Gasteiger partial charge in [-0.15, -0.1) is 6.58 Å². The fraction of sp³-hybridized carbons (Fsp3) is 0.0556. The smallest absolute Gasteiger partial charge is 0.125 e. The molecule has 2 aromatic carbocycles. The van der Waals surface area contributed by atoms with Crippen molar-refractivity contribution in [3.63, 3.8) is 0 Å². The van der Waals surface area contributed by atoms with E-state index in [1.54, 1.807) is 0 Å². The lowest BCUT2D eigenvalue weighted by Gasteiger charge is -2.27. The lowest BCUT2D eigenvalue weighted by Crippen LogP contribution is -2.26. The molecule has 0 spiro atoms. The summed E-state index contributed by atoms with van der Waals surface area (Å²) in [5, 5.41) is 0. The summed E-state index contributed by atoms with van der Waals surface area (Å²) in [5.74, 6) is 1.00. The Kier molecular flexibility index (Phi) is 4.22. The van der Waals surface area contributed by atoms with E-state index in [4.69, 9.17) is 0 Å². The first kappa shape index (κ1) is 13.7. The fourth-order valence-corrected chi connectivity index (χ4v) is 2.94. The molecule has 1 aliphatic rings. The first-order valence-electron chi connectivity index (χ1n) is 6.85. The van der Waals surface area contributed by atoms with Crippen LogP contribution in [-0.4, -0.2) is 5.84 Å². The molecule has 0 amide bonds. The van der Waals surface area contributed by atoms with E-state index >= 15 is 0 Å². The van der Waals surface area contributed by atoms with Gasteiger partial charge in [0, 0.05) is 24.6 Å². The summed E-state index contributed by atoms with van der Waals surface area (Å²) in [5.41, 5.74) is 2.34. The molecule has 0 saturated heterocycles. The van der Waals surface area contributed by atoms with Gasteiger partial charge < -0.3 is 4.90 Å². The number of rotatable bonds is 4. The number of para-hydroxylation sites is 1. The van der Waals surface area contributed by atoms with E-state index in [0.717, 1.165) is 12.3 Å². The molecule has 104 valence electrons. The normalized spacial score (nSPS) is 13.9. The lowest BCUT2D eigenvalue weighted by atomic mass is 10.2. The van der Waals surface area contributed by atoms with Crippen molar-refractivity contribution >= 4 is 29.5 Å². The van der Waals surface area contributed by atoms with Crippen LogP contribution in [0.15, 0.2) is 82.7 Å². The van der Waals surface area contributed by atoms with E-state index in [2.05, 4.69) is 58.5 Å². The van der Waals surface area contributed by atoms with Crippen LogP contribution in [0.4, 0.5) is 5.69 Å². The van der Waals surface area contributed by atoms with Crippen LogP contribution in [0.25, 0.3) is 6.08 Å². The Morgan fingerprint density at radius 2 is 1.81 bits per heavy atom. The Labute approximate surface area is 129 Å². The molecule has 0 N–H and O–H groups in total. The highest BCUT2D eigenvalue weighted by atomic mass is 32.2. The average molecular weight is 292 g/mol. The third kappa shape index (κ3) is 3.09. The zero-order chi connectivity index (χ0) is 14.5. The molecule has 0 aromatic heterocycles. The average Bonchev–Trinajstić information content (AvgIpc) is 2.55. The molecule has 0 radical (unpaired) electrons. The topological polar surface area (TPSA) is 15.6 Å². The largest absolute Gasteiger partial charge is 0.303 e. The summed E-state index contributed by atoms with van der Waals surface area (Å²) < 4.78 is 4.59. The second-order valence-electron chi connectivity index (χ2n) is 4.66. The van der Waals surface area contributed by atoms with Crippen LogP contribution >= 0.6 is 11.9 Å². The molecule has 3 rings (SSSR count). The van der Waals surface area contributed by atoms with E-state index in [0.29, 0.717) is 0 Å². The van der Waals surface area contributed by atoms with E-state index in [-0.39, 0.29) is 0 Å². The predicted molar refractivity (Wildman–Crippen MR) is 92.5 cm³/mol. The van der Waals surface area contributed by atoms with Gasteiger partial charge in [0.05, 0.1) is 10.6 Å². The third-order valence-corrected chi connectivity index (χ3v) is 4.04. The number of fused-ring (bicyclic) bond motifs is 1. The van der Waals surface area contributed by atoms with E-state index < -0.39 is 0 Å². The Morgan fingerprint density at radius 3 is 2.62 bits per heavy atom. The summed E-state index contributed by atoms with van der Waals surface area (Å²) in [6.07, 6.45) is 6.82. The fourth-order valence-electron chi connectivity index (χ4n) is 2.17. The van der Waals surface area contributed by atoms with Crippen molar-refractivity contribution in [3.05, 3.63) is 79.0 Å². The van der Waals surface area contributed by atoms with E-state index in [9.17, 15) is 0 Å². The van der Waals surface area contributed by atoms with Crippen LogP contribution < -0.4 is 4.90 Å². The minimum Gasteiger partial charge on any atom is -0.303 e. The monoisotopic (exact) mass is 292 g/mol. The van der Waals surface area contributed by atoms with Crippen molar-refractivity contribution in [3.8, 4) is 0 Å². The van der Waals surface area contributed by atoms with Crippen molar-refractivity contribution in [2.45, 2.75) is 11.3 Å².